The first-order valence-electron chi connectivity index (χ1n) is 7.66. The number of nitrogens with one attached hydrogen (secondary N) is 1. The fourth-order valence-electron chi connectivity index (χ4n) is 2.61. The van der Waals surface area contributed by atoms with Gasteiger partial charge in [-0.15, -0.1) is 0 Å². The molecule has 0 amide bonds. The van der Waals surface area contributed by atoms with Crippen molar-refractivity contribution >= 4 is 26.7 Å². The van der Waals surface area contributed by atoms with E-state index in [2.05, 4.69) is 9.71 Å². The molecular formula is C17H19N3O3S. The third-order valence-electron chi connectivity index (χ3n) is 3.67. The van der Waals surface area contributed by atoms with E-state index in [0.717, 1.165) is 6.42 Å². The number of sulfonamides is 1. The van der Waals surface area contributed by atoms with Crippen LogP contribution in [0.2, 0.25) is 0 Å². The van der Waals surface area contributed by atoms with Crippen LogP contribution in [-0.4, -0.2) is 25.1 Å². The van der Waals surface area contributed by atoms with E-state index in [1.54, 1.807) is 48.8 Å². The minimum Gasteiger partial charge on any atom is -0.497 e. The maximum atomic E-state index is 12.8. The molecule has 24 heavy (non-hydrogen) atoms. The molecule has 0 saturated carbocycles. The average Bonchev–Trinajstić information content (AvgIpc) is 2.95. The number of pyridine rings is 1. The van der Waals surface area contributed by atoms with Gasteiger partial charge in [-0.3, -0.25) is 4.72 Å². The van der Waals surface area contributed by atoms with Crippen LogP contribution in [0.15, 0.2) is 53.7 Å². The first-order valence-corrected chi connectivity index (χ1v) is 9.14. The van der Waals surface area contributed by atoms with Crippen molar-refractivity contribution in [3.63, 3.8) is 0 Å². The van der Waals surface area contributed by atoms with Crippen molar-refractivity contribution in [1.82, 2.24) is 9.55 Å². The fraction of sp³-hybridized carbons (Fsp3) is 0.235. The molecule has 0 aliphatic heterocycles. The Kier molecular flexibility index (Phi) is 4.44. The van der Waals surface area contributed by atoms with Gasteiger partial charge in [-0.1, -0.05) is 13.0 Å². The number of ether oxygens (including phenoxy) is 1. The lowest BCUT2D eigenvalue weighted by Crippen LogP contribution is -2.12. The number of benzene rings is 1. The molecule has 0 unspecified atom stereocenters. The van der Waals surface area contributed by atoms with E-state index in [1.807, 2.05) is 11.5 Å². The van der Waals surface area contributed by atoms with Crippen LogP contribution in [0.5, 0.6) is 5.75 Å². The minimum atomic E-state index is -3.73. The number of rotatable bonds is 6. The first-order chi connectivity index (χ1) is 11.5. The molecule has 2 heterocycles. The summed E-state index contributed by atoms with van der Waals surface area (Å²) < 4.78 is 35.3. The normalized spacial score (nSPS) is 11.6. The number of aromatic nitrogens is 2. The van der Waals surface area contributed by atoms with E-state index in [4.69, 9.17) is 4.74 Å². The van der Waals surface area contributed by atoms with E-state index in [0.29, 0.717) is 29.0 Å². The Labute approximate surface area is 141 Å². The highest BCUT2D eigenvalue weighted by Gasteiger charge is 2.21. The molecule has 0 radical (unpaired) electrons. The smallest absolute Gasteiger partial charge is 0.264 e. The zero-order valence-electron chi connectivity index (χ0n) is 13.6. The van der Waals surface area contributed by atoms with Crippen LogP contribution in [0, 0.1) is 0 Å². The predicted molar refractivity (Wildman–Crippen MR) is 93.8 cm³/mol. The summed E-state index contributed by atoms with van der Waals surface area (Å²) in [5.74, 6) is 0.588. The van der Waals surface area contributed by atoms with Crippen molar-refractivity contribution in [2.24, 2.45) is 0 Å². The highest BCUT2D eigenvalue weighted by atomic mass is 32.2. The van der Waals surface area contributed by atoms with Gasteiger partial charge in [-0.25, -0.2) is 13.4 Å². The maximum Gasteiger partial charge on any atom is 0.264 e. The summed E-state index contributed by atoms with van der Waals surface area (Å²) in [5, 5.41) is 0.612. The molecule has 3 rings (SSSR count). The van der Waals surface area contributed by atoms with Gasteiger partial charge in [0.1, 0.15) is 16.3 Å². The van der Waals surface area contributed by atoms with E-state index in [9.17, 15) is 8.42 Å². The molecule has 6 nitrogen and oxygen atoms in total. The predicted octanol–water partition coefficient (Wildman–Crippen LogP) is 3.26. The van der Waals surface area contributed by atoms with E-state index in [-0.39, 0.29) is 4.90 Å². The van der Waals surface area contributed by atoms with Crippen LogP contribution >= 0.6 is 0 Å². The largest absolute Gasteiger partial charge is 0.497 e. The molecule has 1 aromatic carbocycles. The molecule has 0 spiro atoms. The SMILES string of the molecule is CCCn1cc(S(=O)(=O)Nc2cccc(OC)c2)c2cccnc21. The quantitative estimate of drug-likeness (QED) is 0.744. The van der Waals surface area contributed by atoms with Crippen LogP contribution < -0.4 is 9.46 Å². The van der Waals surface area contributed by atoms with Gasteiger partial charge in [0.15, 0.2) is 0 Å². The lowest BCUT2D eigenvalue weighted by molar-refractivity contribution is 0.415. The zero-order valence-corrected chi connectivity index (χ0v) is 14.4. The summed E-state index contributed by atoms with van der Waals surface area (Å²) in [4.78, 5) is 4.54. The van der Waals surface area contributed by atoms with E-state index in [1.165, 1.54) is 7.11 Å². The van der Waals surface area contributed by atoms with Gasteiger partial charge < -0.3 is 9.30 Å². The van der Waals surface area contributed by atoms with E-state index < -0.39 is 10.0 Å². The van der Waals surface area contributed by atoms with Crippen molar-refractivity contribution < 1.29 is 13.2 Å². The molecule has 0 atom stereocenters. The summed E-state index contributed by atoms with van der Waals surface area (Å²) in [6, 6.07) is 10.3. The number of hydrogen-bond donors (Lipinski definition) is 1. The molecule has 0 bridgehead atoms. The van der Waals surface area contributed by atoms with Crippen LogP contribution in [-0.2, 0) is 16.6 Å². The molecular weight excluding hydrogens is 326 g/mol. The molecule has 2 aromatic heterocycles. The summed E-state index contributed by atoms with van der Waals surface area (Å²) in [5.41, 5.74) is 1.12. The van der Waals surface area contributed by atoms with Crippen molar-refractivity contribution in [3.8, 4) is 5.75 Å². The third-order valence-corrected chi connectivity index (χ3v) is 5.08. The Bertz CT molecular complexity index is 964. The number of hydrogen-bond acceptors (Lipinski definition) is 4. The Hall–Kier alpha value is -2.54. The summed E-state index contributed by atoms with van der Waals surface area (Å²) in [7, 11) is -2.19. The Balaban J connectivity index is 2.05. The lowest BCUT2D eigenvalue weighted by atomic mass is 10.3. The Morgan fingerprint density at radius 3 is 2.83 bits per heavy atom. The highest BCUT2D eigenvalue weighted by molar-refractivity contribution is 7.93. The first kappa shape index (κ1) is 16.3. The fourth-order valence-corrected chi connectivity index (χ4v) is 3.87. The van der Waals surface area contributed by atoms with Gasteiger partial charge in [0, 0.05) is 30.4 Å². The number of anilines is 1. The minimum absolute atomic E-state index is 0.224. The molecule has 7 heteroatoms. The average molecular weight is 345 g/mol. The van der Waals surface area contributed by atoms with Crippen molar-refractivity contribution in [3.05, 3.63) is 48.8 Å². The molecule has 0 saturated heterocycles. The third kappa shape index (κ3) is 3.07. The molecule has 126 valence electrons. The van der Waals surface area contributed by atoms with Crippen molar-refractivity contribution in [2.45, 2.75) is 24.8 Å². The molecule has 3 aromatic rings. The molecule has 0 aliphatic carbocycles. The zero-order chi connectivity index (χ0) is 17.2. The van der Waals surface area contributed by atoms with Gasteiger partial charge >= 0.3 is 0 Å². The number of fused-ring (bicyclic) bond motifs is 1. The second-order valence-electron chi connectivity index (χ2n) is 5.40. The van der Waals surface area contributed by atoms with Gasteiger partial charge in [0.2, 0.25) is 0 Å². The van der Waals surface area contributed by atoms with Crippen LogP contribution in [0.4, 0.5) is 5.69 Å². The number of aryl methyl sites for hydroxylation is 1. The number of methoxy groups -OCH3 is 1. The summed E-state index contributed by atoms with van der Waals surface area (Å²) in [6.07, 6.45) is 4.20. The maximum absolute atomic E-state index is 12.8. The second kappa shape index (κ2) is 6.52. The topological polar surface area (TPSA) is 73.2 Å². The Morgan fingerprint density at radius 2 is 2.08 bits per heavy atom. The van der Waals surface area contributed by atoms with Gasteiger partial charge in [-0.05, 0) is 30.7 Å². The van der Waals surface area contributed by atoms with Crippen LogP contribution in [0.3, 0.4) is 0 Å². The van der Waals surface area contributed by atoms with Gasteiger partial charge in [-0.2, -0.15) is 0 Å². The van der Waals surface area contributed by atoms with Crippen LogP contribution in [0.1, 0.15) is 13.3 Å². The molecule has 0 fully saturated rings. The standard InChI is InChI=1S/C17H19N3O3S/c1-3-10-20-12-16(15-8-5-9-18-17(15)20)24(21,22)19-13-6-4-7-14(11-13)23-2/h4-9,11-12,19H,3,10H2,1-2H3. The summed E-state index contributed by atoms with van der Waals surface area (Å²) in [6.45, 7) is 2.75. The van der Waals surface area contributed by atoms with Crippen molar-refractivity contribution in [1.29, 1.82) is 0 Å². The lowest BCUT2D eigenvalue weighted by Gasteiger charge is -2.08. The van der Waals surface area contributed by atoms with Crippen molar-refractivity contribution in [2.75, 3.05) is 11.8 Å². The van der Waals surface area contributed by atoms with E-state index >= 15 is 0 Å². The van der Waals surface area contributed by atoms with Crippen LogP contribution in [0.25, 0.3) is 11.0 Å². The Morgan fingerprint density at radius 1 is 1.25 bits per heavy atom. The molecule has 0 aliphatic rings. The molecule has 1 N–H and O–H groups in total. The number of nitrogens with zero attached hydrogens (tertiary/aromatic N) is 2. The van der Waals surface area contributed by atoms with Gasteiger partial charge in [0.05, 0.1) is 12.8 Å². The summed E-state index contributed by atoms with van der Waals surface area (Å²) >= 11 is 0. The highest BCUT2D eigenvalue weighted by Crippen LogP contribution is 2.27. The second-order valence-corrected chi connectivity index (χ2v) is 7.05. The monoisotopic (exact) mass is 345 g/mol. The van der Waals surface area contributed by atoms with Gasteiger partial charge in [0.25, 0.3) is 10.0 Å².